The minimum Gasteiger partial charge on any atom is -0.381 e. The first kappa shape index (κ1) is 18.2. The van der Waals surface area contributed by atoms with Gasteiger partial charge in [-0.2, -0.15) is 0 Å². The third-order valence-corrected chi connectivity index (χ3v) is 5.78. The van der Waals surface area contributed by atoms with Crippen LogP contribution in [0.4, 0.5) is 0 Å². The molecule has 0 saturated carbocycles. The van der Waals surface area contributed by atoms with Crippen molar-refractivity contribution in [3.05, 3.63) is 57.8 Å². The van der Waals surface area contributed by atoms with E-state index in [1.165, 1.54) is 23.3 Å². The maximum Gasteiger partial charge on any atom is 0.224 e. The fourth-order valence-electron chi connectivity index (χ4n) is 3.25. The van der Waals surface area contributed by atoms with Crippen molar-refractivity contribution in [2.24, 2.45) is 5.92 Å². The fraction of sp³-hybridized carbons (Fsp3) is 0.476. The Kier molecular flexibility index (Phi) is 6.65. The molecule has 1 atom stereocenters. The number of ether oxygens (including phenoxy) is 1. The van der Waals surface area contributed by atoms with E-state index in [1.807, 2.05) is 6.07 Å². The van der Waals surface area contributed by atoms with Crippen molar-refractivity contribution in [1.29, 1.82) is 0 Å². The quantitative estimate of drug-likeness (QED) is 0.778. The van der Waals surface area contributed by atoms with E-state index >= 15 is 0 Å². The first-order valence-corrected chi connectivity index (χ1v) is 10.2. The van der Waals surface area contributed by atoms with Crippen molar-refractivity contribution in [1.82, 2.24) is 5.32 Å². The molecule has 1 amide bonds. The van der Waals surface area contributed by atoms with Gasteiger partial charge in [-0.05, 0) is 48.3 Å². The molecule has 1 N–H and O–H groups in total. The van der Waals surface area contributed by atoms with Crippen LogP contribution in [0.1, 0.15) is 54.7 Å². The molecule has 134 valence electrons. The summed E-state index contributed by atoms with van der Waals surface area (Å²) in [6, 6.07) is 12.8. The molecule has 1 aromatic carbocycles. The molecule has 3 nitrogen and oxygen atoms in total. The van der Waals surface area contributed by atoms with Gasteiger partial charge in [0.15, 0.2) is 0 Å². The Hall–Kier alpha value is -1.65. The van der Waals surface area contributed by atoms with Gasteiger partial charge < -0.3 is 10.1 Å². The molecule has 1 unspecified atom stereocenters. The van der Waals surface area contributed by atoms with Crippen LogP contribution in [-0.2, 0) is 16.0 Å². The van der Waals surface area contributed by atoms with E-state index in [4.69, 9.17) is 4.74 Å². The summed E-state index contributed by atoms with van der Waals surface area (Å²) in [5.74, 6) is 0.219. The van der Waals surface area contributed by atoms with Gasteiger partial charge >= 0.3 is 0 Å². The summed E-state index contributed by atoms with van der Waals surface area (Å²) < 4.78 is 5.38. The first-order chi connectivity index (χ1) is 12.3. The molecule has 2 aromatic rings. The van der Waals surface area contributed by atoms with Gasteiger partial charge in [-0.15, -0.1) is 11.3 Å². The lowest BCUT2D eigenvalue weighted by atomic mass is 9.97. The van der Waals surface area contributed by atoms with Gasteiger partial charge in [0.2, 0.25) is 5.91 Å². The number of benzene rings is 1. The van der Waals surface area contributed by atoms with Crippen molar-refractivity contribution < 1.29 is 9.53 Å². The van der Waals surface area contributed by atoms with Crippen LogP contribution in [0, 0.1) is 5.92 Å². The Bertz CT molecular complexity index is 645. The number of nitrogens with one attached hydrogen (secondary N) is 1. The predicted octanol–water partition coefficient (Wildman–Crippen LogP) is 4.72. The SMILES string of the molecule is CCCCc1ccc(C(NC(=O)C2CCOCC2)c2cccs2)cc1. The van der Waals surface area contributed by atoms with Crippen LogP contribution >= 0.6 is 11.3 Å². The summed E-state index contributed by atoms with van der Waals surface area (Å²) in [6.07, 6.45) is 5.18. The molecule has 0 bridgehead atoms. The van der Waals surface area contributed by atoms with E-state index in [1.54, 1.807) is 11.3 Å². The molecule has 3 rings (SSSR count). The van der Waals surface area contributed by atoms with Gasteiger partial charge in [0, 0.05) is 24.0 Å². The summed E-state index contributed by atoms with van der Waals surface area (Å²) in [7, 11) is 0. The highest BCUT2D eigenvalue weighted by atomic mass is 32.1. The fourth-order valence-corrected chi connectivity index (χ4v) is 4.05. The molecule has 1 aliphatic rings. The average Bonchev–Trinajstić information content (AvgIpc) is 3.20. The van der Waals surface area contributed by atoms with Gasteiger partial charge in [-0.25, -0.2) is 0 Å². The highest BCUT2D eigenvalue weighted by Gasteiger charge is 2.25. The van der Waals surface area contributed by atoms with Crippen LogP contribution in [0.5, 0.6) is 0 Å². The van der Waals surface area contributed by atoms with E-state index in [9.17, 15) is 4.79 Å². The number of carbonyl (C=O) groups is 1. The zero-order chi connectivity index (χ0) is 17.5. The zero-order valence-corrected chi connectivity index (χ0v) is 15.7. The second kappa shape index (κ2) is 9.16. The number of unbranched alkanes of at least 4 members (excludes halogenated alkanes) is 1. The third kappa shape index (κ3) is 4.93. The molecule has 0 radical (unpaired) electrons. The van der Waals surface area contributed by atoms with Gasteiger partial charge in [0.05, 0.1) is 6.04 Å². The Morgan fingerprint density at radius 3 is 2.64 bits per heavy atom. The summed E-state index contributed by atoms with van der Waals surface area (Å²) in [5.41, 5.74) is 2.52. The molecule has 4 heteroatoms. The third-order valence-electron chi connectivity index (χ3n) is 4.84. The van der Waals surface area contributed by atoms with Crippen LogP contribution in [-0.4, -0.2) is 19.1 Å². The Morgan fingerprint density at radius 2 is 2.00 bits per heavy atom. The van der Waals surface area contributed by atoms with Crippen molar-refractivity contribution in [2.75, 3.05) is 13.2 Å². The van der Waals surface area contributed by atoms with E-state index in [2.05, 4.69) is 48.0 Å². The lowest BCUT2D eigenvalue weighted by molar-refractivity contribution is -0.128. The minimum absolute atomic E-state index is 0.0597. The highest BCUT2D eigenvalue weighted by molar-refractivity contribution is 7.10. The highest BCUT2D eigenvalue weighted by Crippen LogP contribution is 2.28. The van der Waals surface area contributed by atoms with Crippen molar-refractivity contribution in [2.45, 2.75) is 45.1 Å². The Morgan fingerprint density at radius 1 is 1.24 bits per heavy atom. The van der Waals surface area contributed by atoms with Crippen molar-refractivity contribution in [3.63, 3.8) is 0 Å². The molecular formula is C21H27NO2S. The van der Waals surface area contributed by atoms with E-state index in [-0.39, 0.29) is 17.9 Å². The van der Waals surface area contributed by atoms with Crippen molar-refractivity contribution >= 4 is 17.2 Å². The number of rotatable bonds is 7. The zero-order valence-electron chi connectivity index (χ0n) is 14.9. The van der Waals surface area contributed by atoms with E-state index in [0.717, 1.165) is 24.8 Å². The van der Waals surface area contributed by atoms with Crippen molar-refractivity contribution in [3.8, 4) is 0 Å². The van der Waals surface area contributed by atoms with Crippen LogP contribution in [0.2, 0.25) is 0 Å². The van der Waals surface area contributed by atoms with Crippen LogP contribution in [0.25, 0.3) is 0 Å². The number of hydrogen-bond donors (Lipinski definition) is 1. The molecule has 1 aromatic heterocycles. The van der Waals surface area contributed by atoms with Gasteiger partial charge in [0.25, 0.3) is 0 Å². The lowest BCUT2D eigenvalue weighted by Gasteiger charge is -2.25. The van der Waals surface area contributed by atoms with Gasteiger partial charge in [0.1, 0.15) is 0 Å². The van der Waals surface area contributed by atoms with Gasteiger partial charge in [-0.1, -0.05) is 43.7 Å². The van der Waals surface area contributed by atoms with E-state index in [0.29, 0.717) is 13.2 Å². The second-order valence-electron chi connectivity index (χ2n) is 6.69. The smallest absolute Gasteiger partial charge is 0.224 e. The number of carbonyl (C=O) groups excluding carboxylic acids is 1. The Labute approximate surface area is 154 Å². The predicted molar refractivity (Wildman–Crippen MR) is 103 cm³/mol. The molecule has 1 fully saturated rings. The number of amides is 1. The topological polar surface area (TPSA) is 38.3 Å². The molecule has 1 aliphatic heterocycles. The maximum absolute atomic E-state index is 12.7. The summed E-state index contributed by atoms with van der Waals surface area (Å²) in [6.45, 7) is 3.59. The monoisotopic (exact) mass is 357 g/mol. The maximum atomic E-state index is 12.7. The second-order valence-corrected chi connectivity index (χ2v) is 7.67. The summed E-state index contributed by atoms with van der Waals surface area (Å²) >= 11 is 1.69. The summed E-state index contributed by atoms with van der Waals surface area (Å²) in [5, 5.41) is 5.35. The largest absolute Gasteiger partial charge is 0.381 e. The molecular weight excluding hydrogens is 330 g/mol. The Balaban J connectivity index is 1.74. The molecule has 0 aliphatic carbocycles. The number of thiophene rings is 1. The molecule has 2 heterocycles. The van der Waals surface area contributed by atoms with E-state index < -0.39 is 0 Å². The van der Waals surface area contributed by atoms with Crippen LogP contribution in [0.15, 0.2) is 41.8 Å². The first-order valence-electron chi connectivity index (χ1n) is 9.28. The van der Waals surface area contributed by atoms with Crippen LogP contribution in [0.3, 0.4) is 0 Å². The van der Waals surface area contributed by atoms with Crippen LogP contribution < -0.4 is 5.32 Å². The standard InChI is InChI=1S/C21H27NO2S/c1-2-3-5-16-7-9-17(10-8-16)20(19-6-4-15-25-19)22-21(23)18-11-13-24-14-12-18/h4,6-10,15,18,20H,2-3,5,11-14H2,1H3,(H,22,23). The average molecular weight is 358 g/mol. The minimum atomic E-state index is -0.0597. The molecule has 25 heavy (non-hydrogen) atoms. The number of hydrogen-bond acceptors (Lipinski definition) is 3. The molecule has 1 saturated heterocycles. The molecule has 0 spiro atoms. The number of aryl methyl sites for hydroxylation is 1. The lowest BCUT2D eigenvalue weighted by Crippen LogP contribution is -2.36. The summed E-state index contributed by atoms with van der Waals surface area (Å²) in [4.78, 5) is 13.9. The van der Waals surface area contributed by atoms with Gasteiger partial charge in [-0.3, -0.25) is 4.79 Å². The normalized spacial score (nSPS) is 16.5.